The van der Waals surface area contributed by atoms with Gasteiger partial charge in [-0.3, -0.25) is 4.79 Å². The molecule has 1 aromatic carbocycles. The SMILES string of the molecule is CCC(N)(CC)C(=O)N1CCc2cc(C(=O)O)ccc21. The average molecular weight is 276 g/mol. The van der Waals surface area contributed by atoms with Crippen molar-refractivity contribution < 1.29 is 14.7 Å². The maximum Gasteiger partial charge on any atom is 0.335 e. The van der Waals surface area contributed by atoms with Gasteiger partial charge in [-0.2, -0.15) is 0 Å². The highest BCUT2D eigenvalue weighted by molar-refractivity contribution is 6.02. The molecule has 5 nitrogen and oxygen atoms in total. The van der Waals surface area contributed by atoms with E-state index >= 15 is 0 Å². The summed E-state index contributed by atoms with van der Waals surface area (Å²) in [6.07, 6.45) is 1.84. The highest BCUT2D eigenvalue weighted by Crippen LogP contribution is 2.31. The van der Waals surface area contributed by atoms with Crippen LogP contribution in [0.1, 0.15) is 42.6 Å². The summed E-state index contributed by atoms with van der Waals surface area (Å²) in [7, 11) is 0. The maximum absolute atomic E-state index is 12.6. The molecule has 0 unspecified atom stereocenters. The number of carbonyl (C=O) groups excluding carboxylic acids is 1. The van der Waals surface area contributed by atoms with Crippen molar-refractivity contribution in [2.75, 3.05) is 11.4 Å². The largest absolute Gasteiger partial charge is 0.478 e. The first-order valence-electron chi connectivity index (χ1n) is 6.90. The second-order valence-corrected chi connectivity index (χ2v) is 5.22. The van der Waals surface area contributed by atoms with Gasteiger partial charge in [-0.25, -0.2) is 4.79 Å². The number of hydrogen-bond acceptors (Lipinski definition) is 3. The maximum atomic E-state index is 12.6. The molecule has 1 amide bonds. The molecule has 0 aliphatic carbocycles. The van der Waals surface area contributed by atoms with Crippen LogP contribution in [0, 0.1) is 0 Å². The number of benzene rings is 1. The predicted molar refractivity (Wildman–Crippen MR) is 77.0 cm³/mol. The van der Waals surface area contributed by atoms with Crippen molar-refractivity contribution in [2.45, 2.75) is 38.6 Å². The second kappa shape index (κ2) is 5.25. The number of aromatic carboxylic acids is 1. The first kappa shape index (κ1) is 14.5. The van der Waals surface area contributed by atoms with Crippen molar-refractivity contribution in [3.8, 4) is 0 Å². The van der Waals surface area contributed by atoms with Crippen molar-refractivity contribution in [1.82, 2.24) is 0 Å². The fraction of sp³-hybridized carbons (Fsp3) is 0.467. The molecule has 0 radical (unpaired) electrons. The number of amides is 1. The van der Waals surface area contributed by atoms with E-state index in [0.29, 0.717) is 25.8 Å². The van der Waals surface area contributed by atoms with E-state index in [-0.39, 0.29) is 11.5 Å². The van der Waals surface area contributed by atoms with Crippen molar-refractivity contribution in [3.05, 3.63) is 29.3 Å². The summed E-state index contributed by atoms with van der Waals surface area (Å²) in [5, 5.41) is 9.00. The van der Waals surface area contributed by atoms with Gasteiger partial charge in [0, 0.05) is 12.2 Å². The number of rotatable bonds is 4. The Kier molecular flexibility index (Phi) is 3.81. The van der Waals surface area contributed by atoms with Crippen LogP contribution in [-0.4, -0.2) is 29.1 Å². The quantitative estimate of drug-likeness (QED) is 0.878. The molecule has 0 saturated carbocycles. The lowest BCUT2D eigenvalue weighted by Crippen LogP contribution is -2.54. The molecule has 5 heteroatoms. The molecule has 0 saturated heterocycles. The minimum Gasteiger partial charge on any atom is -0.478 e. The molecule has 1 aromatic rings. The van der Waals surface area contributed by atoms with Crippen LogP contribution < -0.4 is 10.6 Å². The average Bonchev–Trinajstić information content (AvgIpc) is 2.88. The van der Waals surface area contributed by atoms with Gasteiger partial charge in [-0.1, -0.05) is 13.8 Å². The van der Waals surface area contributed by atoms with E-state index in [9.17, 15) is 9.59 Å². The smallest absolute Gasteiger partial charge is 0.335 e. The molecule has 3 N–H and O–H groups in total. The van der Waals surface area contributed by atoms with Gasteiger partial charge < -0.3 is 15.7 Å². The Balaban J connectivity index is 2.33. The fourth-order valence-corrected chi connectivity index (χ4v) is 2.57. The van der Waals surface area contributed by atoms with Crippen molar-refractivity contribution >= 4 is 17.6 Å². The third kappa shape index (κ3) is 2.29. The normalized spacial score (nSPS) is 14.2. The monoisotopic (exact) mass is 276 g/mol. The molecule has 0 atom stereocenters. The Morgan fingerprint density at radius 1 is 1.35 bits per heavy atom. The second-order valence-electron chi connectivity index (χ2n) is 5.22. The minimum absolute atomic E-state index is 0.0793. The van der Waals surface area contributed by atoms with Crippen LogP contribution in [0.15, 0.2) is 18.2 Å². The molecule has 0 bridgehead atoms. The van der Waals surface area contributed by atoms with Crippen LogP contribution in [0.5, 0.6) is 0 Å². The number of nitrogens with zero attached hydrogens (tertiary/aromatic N) is 1. The van der Waals surface area contributed by atoms with Gasteiger partial charge in [0.05, 0.1) is 11.1 Å². The molecule has 1 aliphatic heterocycles. The van der Waals surface area contributed by atoms with E-state index in [2.05, 4.69) is 0 Å². The Bertz CT molecular complexity index is 550. The molecular weight excluding hydrogens is 256 g/mol. The number of nitrogens with two attached hydrogens (primary N) is 1. The molecule has 20 heavy (non-hydrogen) atoms. The van der Waals surface area contributed by atoms with Gasteiger partial charge in [0.1, 0.15) is 0 Å². The Labute approximate surface area is 118 Å². The van der Waals surface area contributed by atoms with Gasteiger partial charge in [0.15, 0.2) is 0 Å². The molecule has 0 spiro atoms. The third-order valence-corrected chi connectivity index (χ3v) is 4.15. The molecule has 108 valence electrons. The predicted octanol–water partition coefficient (Wildman–Crippen LogP) is 1.79. The zero-order chi connectivity index (χ0) is 14.9. The lowest BCUT2D eigenvalue weighted by atomic mass is 9.92. The fourth-order valence-electron chi connectivity index (χ4n) is 2.57. The van der Waals surface area contributed by atoms with E-state index in [0.717, 1.165) is 11.3 Å². The Morgan fingerprint density at radius 3 is 2.55 bits per heavy atom. The van der Waals surface area contributed by atoms with E-state index in [1.807, 2.05) is 13.8 Å². The summed E-state index contributed by atoms with van der Waals surface area (Å²) < 4.78 is 0. The zero-order valence-corrected chi connectivity index (χ0v) is 11.8. The first-order chi connectivity index (χ1) is 9.42. The molecular formula is C15H20N2O3. The Hall–Kier alpha value is -1.88. The number of hydrogen-bond donors (Lipinski definition) is 2. The standard InChI is InChI=1S/C15H20N2O3/c1-3-15(16,4-2)14(20)17-8-7-10-9-11(13(18)19)5-6-12(10)17/h5-6,9H,3-4,7-8,16H2,1-2H3,(H,18,19). The third-order valence-electron chi connectivity index (χ3n) is 4.15. The highest BCUT2D eigenvalue weighted by atomic mass is 16.4. The first-order valence-corrected chi connectivity index (χ1v) is 6.90. The minimum atomic E-state index is -0.951. The number of carboxylic acids is 1. The summed E-state index contributed by atoms with van der Waals surface area (Å²) in [6, 6.07) is 4.87. The number of fused-ring (bicyclic) bond motifs is 1. The topological polar surface area (TPSA) is 83.6 Å². The molecule has 2 rings (SSSR count). The van der Waals surface area contributed by atoms with Gasteiger partial charge in [-0.05, 0) is 43.0 Å². The highest BCUT2D eigenvalue weighted by Gasteiger charge is 2.37. The van der Waals surface area contributed by atoms with Gasteiger partial charge in [0.2, 0.25) is 5.91 Å². The Morgan fingerprint density at radius 2 is 2.00 bits per heavy atom. The van der Waals surface area contributed by atoms with Gasteiger partial charge in [-0.15, -0.1) is 0 Å². The van der Waals surface area contributed by atoms with Crippen molar-refractivity contribution in [2.24, 2.45) is 5.73 Å². The van der Waals surface area contributed by atoms with Crippen LogP contribution in [0.3, 0.4) is 0 Å². The molecule has 1 heterocycles. The van der Waals surface area contributed by atoms with E-state index in [1.165, 1.54) is 6.07 Å². The van der Waals surface area contributed by atoms with Crippen LogP contribution >= 0.6 is 0 Å². The summed E-state index contributed by atoms with van der Waals surface area (Å²) in [5.41, 5.74) is 7.27. The van der Waals surface area contributed by atoms with E-state index < -0.39 is 11.5 Å². The summed E-state index contributed by atoms with van der Waals surface area (Å²) in [4.78, 5) is 25.3. The number of carbonyl (C=O) groups is 2. The van der Waals surface area contributed by atoms with Crippen molar-refractivity contribution in [3.63, 3.8) is 0 Å². The summed E-state index contributed by atoms with van der Waals surface area (Å²) in [6.45, 7) is 4.38. The van der Waals surface area contributed by atoms with Crippen LogP contribution in [0.25, 0.3) is 0 Å². The van der Waals surface area contributed by atoms with Crippen molar-refractivity contribution in [1.29, 1.82) is 0 Å². The van der Waals surface area contributed by atoms with Crippen LogP contribution in [-0.2, 0) is 11.2 Å². The van der Waals surface area contributed by atoms with Gasteiger partial charge in [0.25, 0.3) is 0 Å². The number of carboxylic acid groups (broad SMARTS) is 1. The van der Waals surface area contributed by atoms with E-state index in [1.54, 1.807) is 17.0 Å². The summed E-state index contributed by atoms with van der Waals surface area (Å²) in [5.74, 6) is -1.03. The molecule has 1 aliphatic rings. The number of anilines is 1. The van der Waals surface area contributed by atoms with Gasteiger partial charge >= 0.3 is 5.97 Å². The zero-order valence-electron chi connectivity index (χ0n) is 11.8. The lowest BCUT2D eigenvalue weighted by Gasteiger charge is -2.31. The molecule has 0 aromatic heterocycles. The van der Waals surface area contributed by atoms with Crippen LogP contribution in [0.4, 0.5) is 5.69 Å². The van der Waals surface area contributed by atoms with Crippen LogP contribution in [0.2, 0.25) is 0 Å². The summed E-state index contributed by atoms with van der Waals surface area (Å²) >= 11 is 0. The lowest BCUT2D eigenvalue weighted by molar-refractivity contribution is -0.123. The van der Waals surface area contributed by atoms with E-state index in [4.69, 9.17) is 10.8 Å². The molecule has 0 fully saturated rings.